The Morgan fingerprint density at radius 3 is 2.53 bits per heavy atom. The molecule has 0 saturated heterocycles. The molecule has 19 heavy (non-hydrogen) atoms. The Labute approximate surface area is 114 Å². The number of hydrogen-bond donors (Lipinski definition) is 1. The van der Waals surface area contributed by atoms with Gasteiger partial charge in [-0.05, 0) is 30.5 Å². The maximum Gasteiger partial charge on any atom is 0.164 e. The van der Waals surface area contributed by atoms with Crippen molar-refractivity contribution in [3.05, 3.63) is 29.8 Å². The molecule has 1 saturated carbocycles. The molecule has 1 aliphatic carbocycles. The van der Waals surface area contributed by atoms with Gasteiger partial charge < -0.3 is 9.84 Å². The molecule has 0 bridgehead atoms. The number of rotatable bonds is 3. The summed E-state index contributed by atoms with van der Waals surface area (Å²) in [5, 5.41) is 10.6. The molecule has 1 aliphatic rings. The first-order valence-electron chi connectivity index (χ1n) is 7.03. The van der Waals surface area contributed by atoms with E-state index in [4.69, 9.17) is 4.74 Å². The Bertz CT molecular complexity index is 424. The minimum absolute atomic E-state index is 0.00279. The highest BCUT2D eigenvalue weighted by atomic mass is 16.5. The van der Waals surface area contributed by atoms with Crippen LogP contribution in [-0.4, -0.2) is 23.6 Å². The van der Waals surface area contributed by atoms with Crippen molar-refractivity contribution < 1.29 is 14.6 Å². The Morgan fingerprint density at radius 2 is 1.84 bits per heavy atom. The van der Waals surface area contributed by atoms with E-state index in [1.54, 1.807) is 7.11 Å². The molecule has 1 N–H and O–H groups in total. The van der Waals surface area contributed by atoms with E-state index >= 15 is 0 Å². The van der Waals surface area contributed by atoms with Crippen molar-refractivity contribution in [2.75, 3.05) is 7.11 Å². The van der Waals surface area contributed by atoms with Crippen LogP contribution in [0.2, 0.25) is 0 Å². The molecule has 0 spiro atoms. The van der Waals surface area contributed by atoms with Crippen molar-refractivity contribution in [1.82, 2.24) is 0 Å². The molecule has 0 aromatic heterocycles. The highest BCUT2D eigenvalue weighted by molar-refractivity contribution is 5.87. The first-order chi connectivity index (χ1) is 9.14. The summed E-state index contributed by atoms with van der Waals surface area (Å²) in [6.07, 6.45) is 5.55. The second-order valence-electron chi connectivity index (χ2n) is 5.39. The molecule has 0 aliphatic heterocycles. The highest BCUT2D eigenvalue weighted by Gasteiger charge is 2.35. The van der Waals surface area contributed by atoms with Crippen LogP contribution < -0.4 is 4.74 Å². The van der Waals surface area contributed by atoms with Gasteiger partial charge in [0.15, 0.2) is 5.78 Å². The summed E-state index contributed by atoms with van der Waals surface area (Å²) >= 11 is 0. The minimum Gasteiger partial charge on any atom is -0.497 e. The van der Waals surface area contributed by atoms with Gasteiger partial charge in [0.1, 0.15) is 11.4 Å². The molecule has 1 aromatic rings. The third-order valence-corrected chi connectivity index (χ3v) is 3.92. The number of methoxy groups -OCH3 is 1. The summed E-state index contributed by atoms with van der Waals surface area (Å²) < 4.78 is 5.11. The topological polar surface area (TPSA) is 46.5 Å². The fourth-order valence-electron chi connectivity index (χ4n) is 2.70. The lowest BCUT2D eigenvalue weighted by Gasteiger charge is -2.28. The van der Waals surface area contributed by atoms with Gasteiger partial charge in [0, 0.05) is 12.8 Å². The highest BCUT2D eigenvalue weighted by Crippen LogP contribution is 2.27. The second kappa shape index (κ2) is 6.20. The summed E-state index contributed by atoms with van der Waals surface area (Å²) in [5.74, 6) is 0.794. The summed E-state index contributed by atoms with van der Waals surface area (Å²) in [6.45, 7) is 0. The third-order valence-electron chi connectivity index (χ3n) is 3.92. The van der Waals surface area contributed by atoms with Gasteiger partial charge in [-0.25, -0.2) is 0 Å². The standard InChI is InChI=1S/C16H22O3/c1-19-14-9-7-13(8-10-14)12-16(18)11-5-3-2-4-6-15(16)17/h7-10,18H,2-6,11-12H2,1H3/t16-/m1/s1. The predicted molar refractivity (Wildman–Crippen MR) is 74.4 cm³/mol. The van der Waals surface area contributed by atoms with Gasteiger partial charge in [-0.2, -0.15) is 0 Å². The fourth-order valence-corrected chi connectivity index (χ4v) is 2.70. The van der Waals surface area contributed by atoms with E-state index in [0.29, 0.717) is 19.3 Å². The molecule has 3 nitrogen and oxygen atoms in total. The van der Waals surface area contributed by atoms with E-state index in [1.807, 2.05) is 24.3 Å². The van der Waals surface area contributed by atoms with Gasteiger partial charge in [-0.1, -0.05) is 31.4 Å². The quantitative estimate of drug-likeness (QED) is 0.911. The maximum atomic E-state index is 12.1. The number of carbonyl (C=O) groups excluding carboxylic acids is 1. The average molecular weight is 262 g/mol. The normalized spacial score (nSPS) is 24.6. The van der Waals surface area contributed by atoms with Crippen molar-refractivity contribution in [1.29, 1.82) is 0 Å². The third kappa shape index (κ3) is 3.57. The van der Waals surface area contributed by atoms with Crippen LogP contribution in [0.25, 0.3) is 0 Å². The lowest BCUT2D eigenvalue weighted by atomic mass is 9.81. The number of benzene rings is 1. The zero-order valence-electron chi connectivity index (χ0n) is 11.5. The van der Waals surface area contributed by atoms with Crippen LogP contribution in [0.15, 0.2) is 24.3 Å². The fraction of sp³-hybridized carbons (Fsp3) is 0.562. The number of carbonyl (C=O) groups is 1. The van der Waals surface area contributed by atoms with Crippen LogP contribution in [0.5, 0.6) is 5.75 Å². The SMILES string of the molecule is COc1ccc(C[C@]2(O)CCCCCCC2=O)cc1. The van der Waals surface area contributed by atoms with Gasteiger partial charge in [0.25, 0.3) is 0 Å². The van der Waals surface area contributed by atoms with E-state index < -0.39 is 5.60 Å². The molecular formula is C16H22O3. The second-order valence-corrected chi connectivity index (χ2v) is 5.39. The van der Waals surface area contributed by atoms with Crippen molar-refractivity contribution >= 4 is 5.78 Å². The van der Waals surface area contributed by atoms with E-state index in [-0.39, 0.29) is 5.78 Å². The van der Waals surface area contributed by atoms with Gasteiger partial charge in [-0.3, -0.25) is 4.79 Å². The summed E-state index contributed by atoms with van der Waals surface area (Å²) in [5.41, 5.74) is -0.188. The van der Waals surface area contributed by atoms with Crippen LogP contribution >= 0.6 is 0 Å². The van der Waals surface area contributed by atoms with Crippen LogP contribution in [0.1, 0.15) is 44.1 Å². The Morgan fingerprint density at radius 1 is 1.16 bits per heavy atom. The molecule has 1 atom stereocenters. The average Bonchev–Trinajstić information content (AvgIpc) is 2.41. The van der Waals surface area contributed by atoms with E-state index in [1.165, 1.54) is 0 Å². The molecule has 0 radical (unpaired) electrons. The Hall–Kier alpha value is -1.35. The summed E-state index contributed by atoms with van der Waals surface area (Å²) in [4.78, 5) is 12.1. The molecule has 104 valence electrons. The monoisotopic (exact) mass is 262 g/mol. The van der Waals surface area contributed by atoms with Gasteiger partial charge in [0.2, 0.25) is 0 Å². The lowest BCUT2D eigenvalue weighted by Crippen LogP contribution is -2.41. The van der Waals surface area contributed by atoms with E-state index in [0.717, 1.165) is 37.0 Å². The Kier molecular flexibility index (Phi) is 4.59. The van der Waals surface area contributed by atoms with Crippen molar-refractivity contribution in [2.45, 2.75) is 50.5 Å². The van der Waals surface area contributed by atoms with Gasteiger partial charge in [0.05, 0.1) is 7.11 Å². The molecule has 0 amide bonds. The van der Waals surface area contributed by atoms with Crippen molar-refractivity contribution in [3.8, 4) is 5.75 Å². The number of Topliss-reactive ketones (excluding diaryl/α,β-unsaturated/α-hetero) is 1. The molecule has 3 heteroatoms. The number of aliphatic hydroxyl groups is 1. The number of hydrogen-bond acceptors (Lipinski definition) is 3. The van der Waals surface area contributed by atoms with Crippen molar-refractivity contribution in [3.63, 3.8) is 0 Å². The summed E-state index contributed by atoms with van der Waals surface area (Å²) in [7, 11) is 1.63. The zero-order valence-corrected chi connectivity index (χ0v) is 11.5. The van der Waals surface area contributed by atoms with Crippen molar-refractivity contribution in [2.24, 2.45) is 0 Å². The molecule has 0 unspecified atom stereocenters. The van der Waals surface area contributed by atoms with Crippen LogP contribution in [0.3, 0.4) is 0 Å². The summed E-state index contributed by atoms with van der Waals surface area (Å²) in [6, 6.07) is 7.57. The number of ether oxygens (including phenoxy) is 1. The van der Waals surface area contributed by atoms with Crippen LogP contribution in [0.4, 0.5) is 0 Å². The molecular weight excluding hydrogens is 240 g/mol. The van der Waals surface area contributed by atoms with Gasteiger partial charge >= 0.3 is 0 Å². The van der Waals surface area contributed by atoms with Crippen LogP contribution in [-0.2, 0) is 11.2 Å². The maximum absolute atomic E-state index is 12.1. The van der Waals surface area contributed by atoms with Crippen LogP contribution in [0, 0.1) is 0 Å². The first-order valence-corrected chi connectivity index (χ1v) is 7.03. The minimum atomic E-state index is -1.17. The predicted octanol–water partition coefficient (Wildman–Crippen LogP) is 2.89. The van der Waals surface area contributed by atoms with Gasteiger partial charge in [-0.15, -0.1) is 0 Å². The lowest BCUT2D eigenvalue weighted by molar-refractivity contribution is -0.138. The van der Waals surface area contributed by atoms with E-state index in [2.05, 4.69) is 0 Å². The molecule has 0 heterocycles. The van der Waals surface area contributed by atoms with E-state index in [9.17, 15) is 9.90 Å². The smallest absolute Gasteiger partial charge is 0.164 e. The zero-order chi connectivity index (χ0) is 13.7. The first kappa shape index (κ1) is 14.1. The Balaban J connectivity index is 2.10. The largest absolute Gasteiger partial charge is 0.497 e. The number of ketones is 1. The molecule has 2 rings (SSSR count). The molecule has 1 fully saturated rings. The molecule has 1 aromatic carbocycles.